The summed E-state index contributed by atoms with van der Waals surface area (Å²) in [7, 11) is 0. The fraction of sp³-hybridized carbons (Fsp3) is 0.877. The molecule has 1 aliphatic heterocycles. The number of esters is 2. The lowest BCUT2D eigenvalue weighted by molar-refractivity contribution is -0.227. The maximum Gasteiger partial charge on any atom is 0.319 e. The van der Waals surface area contributed by atoms with Gasteiger partial charge in [-0.3, -0.25) is 14.4 Å². The number of rotatable bonds is 53. The summed E-state index contributed by atoms with van der Waals surface area (Å²) in [6.45, 7) is 6.42. The van der Waals surface area contributed by atoms with Gasteiger partial charge in [0.1, 0.15) is 42.4 Å². The van der Waals surface area contributed by atoms with E-state index in [1.165, 1.54) is 140 Å². The number of hydrogen-bond acceptors (Lipinski definition) is 15. The molecular formula is C57H105NO14S. The largest absolute Gasteiger partial charge is 0.466 e. The Labute approximate surface area is 446 Å². The molecule has 0 spiro atoms. The number of allylic oxidation sites excluding steroid dienone is 4. The van der Waals surface area contributed by atoms with Crippen LogP contribution in [-0.4, -0.2) is 159 Å². The van der Waals surface area contributed by atoms with Gasteiger partial charge in [0.2, 0.25) is 5.91 Å². The zero-order chi connectivity index (χ0) is 53.1. The molecule has 428 valence electrons. The highest BCUT2D eigenvalue weighted by atomic mass is 32.2. The number of carbonyl (C=O) groups is 3. The Kier molecular flexibility index (Phi) is 49.0. The molecule has 1 aliphatic rings. The van der Waals surface area contributed by atoms with E-state index in [9.17, 15) is 34.8 Å². The van der Waals surface area contributed by atoms with Gasteiger partial charge in [-0.25, -0.2) is 0 Å². The topological polar surface area (TPSA) is 209 Å². The van der Waals surface area contributed by atoms with Gasteiger partial charge < -0.3 is 58.9 Å². The number of unbranched alkanes of at least 4 members (excludes halogenated alkanes) is 24. The summed E-state index contributed by atoms with van der Waals surface area (Å²) >= 11 is 1.36. The molecule has 0 aromatic carbocycles. The Balaban J connectivity index is 2.25. The van der Waals surface area contributed by atoms with E-state index in [0.717, 1.165) is 51.4 Å². The molecule has 0 aromatic heterocycles. The number of carbonyl (C=O) groups excluding carboxylic acids is 3. The average molecular weight is 1060 g/mol. The molecule has 16 heteroatoms. The highest BCUT2D eigenvalue weighted by Crippen LogP contribution is 2.21. The van der Waals surface area contributed by atoms with E-state index < -0.39 is 48.3 Å². The van der Waals surface area contributed by atoms with E-state index in [4.69, 9.17) is 33.2 Å². The summed E-state index contributed by atoms with van der Waals surface area (Å²) in [5.74, 6) is -0.718. The number of aliphatic hydroxyl groups is 4. The zero-order valence-corrected chi connectivity index (χ0v) is 46.6. The fourth-order valence-corrected chi connectivity index (χ4v) is 9.21. The lowest BCUT2D eigenvalue weighted by Crippen LogP contribution is -2.60. The van der Waals surface area contributed by atoms with Crippen molar-refractivity contribution in [3.05, 3.63) is 24.3 Å². The summed E-state index contributed by atoms with van der Waals surface area (Å²) in [6, 6.07) is 0. The monoisotopic (exact) mass is 1060 g/mol. The number of nitrogens with one attached hydrogen (secondary N) is 1. The molecule has 0 radical (unpaired) electrons. The molecule has 0 aromatic rings. The van der Waals surface area contributed by atoms with Gasteiger partial charge in [0.05, 0.1) is 72.5 Å². The molecule has 73 heavy (non-hydrogen) atoms. The molecule has 5 N–H and O–H groups in total. The maximum atomic E-state index is 13.2. The van der Waals surface area contributed by atoms with Crippen LogP contribution in [0.4, 0.5) is 0 Å². The third-order valence-electron chi connectivity index (χ3n) is 12.8. The zero-order valence-electron chi connectivity index (χ0n) is 45.8. The first-order valence-electron chi connectivity index (χ1n) is 28.9. The first kappa shape index (κ1) is 68.9. The molecular weight excluding hydrogens is 955 g/mol. The van der Waals surface area contributed by atoms with Crippen molar-refractivity contribution in [2.24, 2.45) is 0 Å². The van der Waals surface area contributed by atoms with E-state index in [1.807, 2.05) is 0 Å². The summed E-state index contributed by atoms with van der Waals surface area (Å²) in [6.07, 6.45) is 36.9. The highest BCUT2D eigenvalue weighted by Gasteiger charge is 2.43. The van der Waals surface area contributed by atoms with Crippen LogP contribution in [-0.2, 0) is 47.5 Å². The molecule has 1 saturated heterocycles. The summed E-state index contributed by atoms with van der Waals surface area (Å²) in [4.78, 5) is 38.2. The van der Waals surface area contributed by atoms with E-state index in [0.29, 0.717) is 52.0 Å². The van der Waals surface area contributed by atoms with Crippen LogP contribution in [0.2, 0.25) is 0 Å². The lowest BCUT2D eigenvalue weighted by Gasteiger charge is -2.40. The highest BCUT2D eigenvalue weighted by molar-refractivity contribution is 8.00. The molecule has 6 atom stereocenters. The van der Waals surface area contributed by atoms with Crippen molar-refractivity contribution in [3.63, 3.8) is 0 Å². The van der Waals surface area contributed by atoms with Crippen molar-refractivity contribution in [1.82, 2.24) is 5.32 Å². The standard InChI is InChI=1S/C57H105NO14S/c1-3-5-7-9-11-13-15-17-19-21-23-25-27-29-31-33-35-70-53(61)45-51(57(65)71-36-34-32-30-28-26-24-22-20-18-16-14-12-10-8-6-4-2)73-44-43-68-40-39-66-37-38-67-41-42-69-48-52(60)58-46-49-54(62)56(64)55(63)50(47-59)72-49/h17-20,49-51,54-56,59,62-64H,3-16,21-48H2,1-2H3,(H,58,60)/b19-17-,20-18-/t49-,50+,51?,54-,55-,56+/m0/s1. The Hall–Kier alpha value is -2.12. The van der Waals surface area contributed by atoms with Crippen LogP contribution >= 0.6 is 11.8 Å². The molecule has 0 bridgehead atoms. The number of amides is 1. The van der Waals surface area contributed by atoms with Crippen LogP contribution in [0.15, 0.2) is 24.3 Å². The van der Waals surface area contributed by atoms with Crippen LogP contribution in [0.1, 0.15) is 200 Å². The predicted molar refractivity (Wildman–Crippen MR) is 292 cm³/mol. The molecule has 1 rings (SSSR count). The van der Waals surface area contributed by atoms with Gasteiger partial charge >= 0.3 is 11.9 Å². The molecule has 0 aliphatic carbocycles. The quantitative estimate of drug-likeness (QED) is 0.0218. The minimum absolute atomic E-state index is 0.0316. The minimum atomic E-state index is -1.51. The molecule has 15 nitrogen and oxygen atoms in total. The first-order valence-corrected chi connectivity index (χ1v) is 29.9. The second kappa shape index (κ2) is 52.0. The molecule has 1 amide bonds. The smallest absolute Gasteiger partial charge is 0.319 e. The summed E-state index contributed by atoms with van der Waals surface area (Å²) < 4.78 is 38.7. The Morgan fingerprint density at radius 1 is 0.507 bits per heavy atom. The minimum Gasteiger partial charge on any atom is -0.466 e. The molecule has 1 heterocycles. The molecule has 0 saturated carbocycles. The Morgan fingerprint density at radius 2 is 0.918 bits per heavy atom. The van der Waals surface area contributed by atoms with Crippen molar-refractivity contribution in [2.75, 3.05) is 85.0 Å². The van der Waals surface area contributed by atoms with Gasteiger partial charge in [0.15, 0.2) is 0 Å². The van der Waals surface area contributed by atoms with Gasteiger partial charge in [-0.1, -0.05) is 154 Å². The number of thioether (sulfide) groups is 1. The van der Waals surface area contributed by atoms with E-state index in [2.05, 4.69) is 43.5 Å². The molecule has 1 fully saturated rings. The van der Waals surface area contributed by atoms with Crippen LogP contribution in [0.25, 0.3) is 0 Å². The predicted octanol–water partition coefficient (Wildman–Crippen LogP) is 9.66. The summed E-state index contributed by atoms with van der Waals surface area (Å²) in [5.41, 5.74) is 0. The Morgan fingerprint density at radius 3 is 1.40 bits per heavy atom. The van der Waals surface area contributed by atoms with Crippen molar-refractivity contribution in [2.45, 2.75) is 236 Å². The fourth-order valence-electron chi connectivity index (χ4n) is 8.26. The van der Waals surface area contributed by atoms with Gasteiger partial charge in [0.25, 0.3) is 0 Å². The number of hydrogen-bond donors (Lipinski definition) is 5. The Bertz CT molecular complexity index is 1320. The van der Waals surface area contributed by atoms with Gasteiger partial charge in [-0.2, -0.15) is 0 Å². The average Bonchev–Trinajstić information content (AvgIpc) is 3.39. The van der Waals surface area contributed by atoms with Crippen molar-refractivity contribution in [1.29, 1.82) is 0 Å². The lowest BCUT2D eigenvalue weighted by atomic mass is 9.95. The van der Waals surface area contributed by atoms with Crippen LogP contribution in [0, 0.1) is 0 Å². The van der Waals surface area contributed by atoms with Gasteiger partial charge in [0, 0.05) is 12.3 Å². The third-order valence-corrected chi connectivity index (χ3v) is 14.0. The van der Waals surface area contributed by atoms with Gasteiger partial charge in [-0.15, -0.1) is 11.8 Å². The van der Waals surface area contributed by atoms with Gasteiger partial charge in [-0.05, 0) is 64.2 Å². The van der Waals surface area contributed by atoms with Crippen LogP contribution in [0.5, 0.6) is 0 Å². The number of ether oxygens (including phenoxy) is 7. The second-order valence-electron chi connectivity index (χ2n) is 19.4. The second-order valence-corrected chi connectivity index (χ2v) is 20.7. The van der Waals surface area contributed by atoms with Crippen molar-refractivity contribution >= 4 is 29.6 Å². The SMILES string of the molecule is CCCCCCCC/C=C\CCCCCCCCOC(=O)CC(SCCOCCOCCOCCOCC(=O)NC[C@@H]1O[C@H](CO)[C@H](O)[C@H](O)[C@H]1O)C(=O)OCCCCCCCC/C=C\CCCCCCCC. The normalized spacial score (nSPS) is 18.5. The number of aliphatic hydroxyl groups excluding tert-OH is 4. The van der Waals surface area contributed by atoms with E-state index in [1.54, 1.807) is 0 Å². The molecule has 1 unspecified atom stereocenters. The van der Waals surface area contributed by atoms with Crippen LogP contribution < -0.4 is 5.32 Å². The van der Waals surface area contributed by atoms with Crippen LogP contribution in [0.3, 0.4) is 0 Å². The third kappa shape index (κ3) is 41.7. The first-order chi connectivity index (χ1) is 35.7. The van der Waals surface area contributed by atoms with Crippen molar-refractivity contribution < 1.29 is 68.0 Å². The van der Waals surface area contributed by atoms with E-state index in [-0.39, 0.29) is 44.7 Å². The summed E-state index contributed by atoms with van der Waals surface area (Å²) in [5, 5.41) is 41.0. The van der Waals surface area contributed by atoms with E-state index >= 15 is 0 Å². The maximum absolute atomic E-state index is 13.2. The van der Waals surface area contributed by atoms with Crippen molar-refractivity contribution in [3.8, 4) is 0 Å².